The van der Waals surface area contributed by atoms with Gasteiger partial charge in [0.2, 0.25) is 0 Å². The molecule has 0 saturated carbocycles. The highest BCUT2D eigenvalue weighted by Gasteiger charge is 2.36. The average molecular weight is 381 g/mol. The monoisotopic (exact) mass is 380 g/mol. The van der Waals surface area contributed by atoms with Crippen LogP contribution in [0.25, 0.3) is 0 Å². The van der Waals surface area contributed by atoms with E-state index in [-0.39, 0.29) is 11.4 Å². The molecule has 0 fully saturated rings. The van der Waals surface area contributed by atoms with Crippen molar-refractivity contribution in [2.45, 2.75) is 23.0 Å². The maximum Gasteiger partial charge on any atom is 0.141 e. The van der Waals surface area contributed by atoms with Crippen molar-refractivity contribution < 1.29 is 4.79 Å². The summed E-state index contributed by atoms with van der Waals surface area (Å²) < 4.78 is 0. The molecule has 0 amide bonds. The van der Waals surface area contributed by atoms with E-state index in [1.165, 1.54) is 5.56 Å². The molecule has 3 aromatic rings. The summed E-state index contributed by atoms with van der Waals surface area (Å²) in [7, 11) is 0. The summed E-state index contributed by atoms with van der Waals surface area (Å²) in [6, 6.07) is 21.6. The van der Waals surface area contributed by atoms with Crippen molar-refractivity contribution in [1.29, 1.82) is 0 Å². The predicted octanol–water partition coefficient (Wildman–Crippen LogP) is 5.28. The number of thioether (sulfide) groups is 1. The van der Waals surface area contributed by atoms with E-state index in [2.05, 4.69) is 22.0 Å². The normalized spacial score (nSPS) is 19.7. The Kier molecular flexibility index (Phi) is 5.07. The summed E-state index contributed by atoms with van der Waals surface area (Å²) in [6.07, 6.45) is 2.80. The predicted molar refractivity (Wildman–Crippen MR) is 105 cm³/mol. The molecule has 2 heterocycles. The van der Waals surface area contributed by atoms with Crippen LogP contribution in [0.1, 0.15) is 28.1 Å². The van der Waals surface area contributed by atoms with Gasteiger partial charge in [0.15, 0.2) is 0 Å². The lowest BCUT2D eigenvalue weighted by atomic mass is 10.0. The number of carbonyl (C=O) groups is 1. The summed E-state index contributed by atoms with van der Waals surface area (Å²) >= 11 is 7.74. The molecule has 2 aromatic carbocycles. The van der Waals surface area contributed by atoms with Gasteiger partial charge in [-0.25, -0.2) is 4.98 Å². The largest absolute Gasteiger partial charge is 0.301 e. The molecule has 0 bridgehead atoms. The number of halogens is 1. The van der Waals surface area contributed by atoms with E-state index >= 15 is 0 Å². The molecule has 5 heteroatoms. The number of hydrogen-bond acceptors (Lipinski definition) is 4. The van der Waals surface area contributed by atoms with Gasteiger partial charge in [0.1, 0.15) is 11.3 Å². The minimum absolute atomic E-state index is 0.00919. The molecule has 130 valence electrons. The molecule has 26 heavy (non-hydrogen) atoms. The molecule has 3 nitrogen and oxygen atoms in total. The minimum atomic E-state index is -0.333. The molecule has 4 rings (SSSR count). The Hall–Kier alpha value is -2.14. The summed E-state index contributed by atoms with van der Waals surface area (Å²) in [6.45, 7) is 0.679. The fraction of sp³-hybridized carbons (Fsp3) is 0.143. The second-order valence-electron chi connectivity index (χ2n) is 6.16. The molecule has 1 aliphatic heterocycles. The fourth-order valence-corrected chi connectivity index (χ4v) is 4.66. The lowest BCUT2D eigenvalue weighted by Gasteiger charge is -2.40. The van der Waals surface area contributed by atoms with Crippen molar-refractivity contribution in [3.8, 4) is 0 Å². The first-order valence-corrected chi connectivity index (χ1v) is 9.64. The zero-order chi connectivity index (χ0) is 17.9. The van der Waals surface area contributed by atoms with Gasteiger partial charge in [0.05, 0.1) is 11.4 Å². The van der Waals surface area contributed by atoms with Gasteiger partial charge in [-0.1, -0.05) is 71.9 Å². The van der Waals surface area contributed by atoms with Crippen LogP contribution >= 0.6 is 23.4 Å². The first-order valence-electron chi connectivity index (χ1n) is 8.38. The van der Waals surface area contributed by atoms with E-state index in [1.54, 1.807) is 18.0 Å². The summed E-state index contributed by atoms with van der Waals surface area (Å²) in [4.78, 5) is 18.8. The van der Waals surface area contributed by atoms with E-state index in [9.17, 15) is 4.79 Å². The third-order valence-corrected chi connectivity index (χ3v) is 6.08. The van der Waals surface area contributed by atoms with Gasteiger partial charge in [0, 0.05) is 23.3 Å². The van der Waals surface area contributed by atoms with E-state index in [4.69, 9.17) is 11.6 Å². The van der Waals surface area contributed by atoms with Crippen molar-refractivity contribution in [2.24, 2.45) is 0 Å². The number of pyridine rings is 1. The van der Waals surface area contributed by atoms with Gasteiger partial charge in [-0.2, -0.15) is 0 Å². The van der Waals surface area contributed by atoms with Crippen LogP contribution in [0.15, 0.2) is 78.0 Å². The molecule has 0 radical (unpaired) electrons. The molecule has 2 unspecified atom stereocenters. The van der Waals surface area contributed by atoms with E-state index in [1.807, 2.05) is 54.6 Å². The van der Waals surface area contributed by atoms with Crippen LogP contribution in [-0.4, -0.2) is 16.2 Å². The average Bonchev–Trinajstić information content (AvgIpc) is 2.69. The highest BCUT2D eigenvalue weighted by atomic mass is 35.5. The van der Waals surface area contributed by atoms with Gasteiger partial charge in [-0.3, -0.25) is 4.90 Å². The highest BCUT2D eigenvalue weighted by molar-refractivity contribution is 7.99. The van der Waals surface area contributed by atoms with Crippen molar-refractivity contribution in [3.63, 3.8) is 0 Å². The summed E-state index contributed by atoms with van der Waals surface area (Å²) in [5.41, 5.74) is 3.25. The second-order valence-corrected chi connectivity index (χ2v) is 7.66. The maximum absolute atomic E-state index is 12.1. The van der Waals surface area contributed by atoms with Crippen molar-refractivity contribution in [3.05, 3.63) is 94.6 Å². The van der Waals surface area contributed by atoms with Crippen LogP contribution < -0.4 is 0 Å². The topological polar surface area (TPSA) is 33.2 Å². The molecule has 1 aromatic heterocycles. The molecule has 0 spiro atoms. The minimum Gasteiger partial charge on any atom is -0.301 e. The number of rotatable bonds is 4. The standard InChI is InChI=1S/C21H17ClN2OS/c22-17-10-8-16(9-11-17)21-24(13-15-5-2-1-3-6-15)19(14-25)18-7-4-12-23-20(18)26-21/h1-12,14,19,21H,13H2. The van der Waals surface area contributed by atoms with Crippen LogP contribution in [0.5, 0.6) is 0 Å². The second kappa shape index (κ2) is 7.62. The SMILES string of the molecule is O=CC1c2cccnc2SC(c2ccc(Cl)cc2)N1Cc1ccccc1. The zero-order valence-corrected chi connectivity index (χ0v) is 15.5. The Balaban J connectivity index is 1.78. The Labute approximate surface area is 162 Å². The van der Waals surface area contributed by atoms with Gasteiger partial charge < -0.3 is 4.79 Å². The van der Waals surface area contributed by atoms with Gasteiger partial charge in [0.25, 0.3) is 0 Å². The molecule has 0 aliphatic carbocycles. The number of nitrogens with zero attached hydrogens (tertiary/aromatic N) is 2. The Morgan fingerprint density at radius 2 is 1.81 bits per heavy atom. The summed E-state index contributed by atoms with van der Waals surface area (Å²) in [5.74, 6) is 0. The van der Waals surface area contributed by atoms with Crippen LogP contribution in [0, 0.1) is 0 Å². The van der Waals surface area contributed by atoms with Crippen molar-refractivity contribution in [2.75, 3.05) is 0 Å². The third-order valence-electron chi connectivity index (χ3n) is 4.49. The number of benzene rings is 2. The Morgan fingerprint density at radius 1 is 1.04 bits per heavy atom. The number of fused-ring (bicyclic) bond motifs is 1. The Morgan fingerprint density at radius 3 is 2.54 bits per heavy atom. The number of aldehydes is 1. The quantitative estimate of drug-likeness (QED) is 0.576. The van der Waals surface area contributed by atoms with Gasteiger partial charge >= 0.3 is 0 Å². The lowest BCUT2D eigenvalue weighted by Crippen LogP contribution is -2.35. The number of aromatic nitrogens is 1. The first kappa shape index (κ1) is 17.3. The van der Waals surface area contributed by atoms with E-state index < -0.39 is 0 Å². The van der Waals surface area contributed by atoms with Crippen LogP contribution in [0.4, 0.5) is 0 Å². The number of hydrogen-bond donors (Lipinski definition) is 0. The highest BCUT2D eigenvalue weighted by Crippen LogP contribution is 2.48. The first-order chi connectivity index (χ1) is 12.8. The summed E-state index contributed by atoms with van der Waals surface area (Å²) in [5, 5.41) is 1.61. The van der Waals surface area contributed by atoms with Crippen molar-refractivity contribution in [1.82, 2.24) is 9.88 Å². The zero-order valence-electron chi connectivity index (χ0n) is 14.0. The fourth-order valence-electron chi connectivity index (χ4n) is 3.24. The molecule has 1 aliphatic rings. The molecule has 2 atom stereocenters. The third kappa shape index (κ3) is 3.40. The molecular weight excluding hydrogens is 364 g/mol. The van der Waals surface area contributed by atoms with Gasteiger partial charge in [-0.15, -0.1) is 0 Å². The lowest BCUT2D eigenvalue weighted by molar-refractivity contribution is -0.113. The Bertz CT molecular complexity index is 901. The molecule has 0 N–H and O–H groups in total. The maximum atomic E-state index is 12.1. The van der Waals surface area contributed by atoms with E-state index in [0.29, 0.717) is 11.6 Å². The van der Waals surface area contributed by atoms with Crippen LogP contribution in [0.2, 0.25) is 5.02 Å². The molecular formula is C21H17ClN2OS. The van der Waals surface area contributed by atoms with Crippen LogP contribution in [0.3, 0.4) is 0 Å². The number of carbonyl (C=O) groups excluding carboxylic acids is 1. The van der Waals surface area contributed by atoms with Crippen LogP contribution in [-0.2, 0) is 11.3 Å². The van der Waals surface area contributed by atoms with Crippen molar-refractivity contribution >= 4 is 29.6 Å². The van der Waals surface area contributed by atoms with E-state index in [0.717, 1.165) is 22.4 Å². The smallest absolute Gasteiger partial charge is 0.141 e. The van der Waals surface area contributed by atoms with Gasteiger partial charge in [-0.05, 0) is 29.3 Å². The molecule has 0 saturated heterocycles.